The van der Waals surface area contributed by atoms with E-state index in [1.54, 1.807) is 0 Å². The lowest BCUT2D eigenvalue weighted by molar-refractivity contribution is -0.141. The van der Waals surface area contributed by atoms with Gasteiger partial charge in [-0.05, 0) is 18.4 Å². The first kappa shape index (κ1) is 15.8. The van der Waals surface area contributed by atoms with Gasteiger partial charge in [0.1, 0.15) is 6.04 Å². The van der Waals surface area contributed by atoms with Crippen molar-refractivity contribution in [2.45, 2.75) is 25.8 Å². The summed E-state index contributed by atoms with van der Waals surface area (Å²) in [5, 5.41) is 13.8. The van der Waals surface area contributed by atoms with E-state index in [0.29, 0.717) is 12.2 Å². The molecule has 0 aromatic rings. The van der Waals surface area contributed by atoms with Crippen LogP contribution in [-0.2, 0) is 14.4 Å². The number of thioether (sulfide) groups is 1. The molecular formula is C10H18N2O4S. The molecule has 0 aliphatic carbocycles. The fraction of sp³-hybridized carbons (Fsp3) is 0.700. The quantitative estimate of drug-likeness (QED) is 0.564. The van der Waals surface area contributed by atoms with Gasteiger partial charge >= 0.3 is 5.97 Å². The molecule has 0 saturated heterocycles. The van der Waals surface area contributed by atoms with Crippen molar-refractivity contribution in [2.24, 2.45) is 0 Å². The highest BCUT2D eigenvalue weighted by Gasteiger charge is 2.18. The van der Waals surface area contributed by atoms with E-state index in [0.717, 1.165) is 0 Å². The van der Waals surface area contributed by atoms with Crippen LogP contribution in [0.3, 0.4) is 0 Å². The molecule has 6 nitrogen and oxygen atoms in total. The Kier molecular flexibility index (Phi) is 8.21. The molecule has 2 amide bonds. The largest absolute Gasteiger partial charge is 0.480 e. The SMILES string of the molecule is CSCCC(NC(=O)CCNC(C)=O)C(=O)O. The number of carboxylic acids is 1. The van der Waals surface area contributed by atoms with Crippen LogP contribution in [-0.4, -0.2) is 47.5 Å². The molecule has 1 unspecified atom stereocenters. The Hall–Kier alpha value is -1.24. The average Bonchev–Trinajstić information content (AvgIpc) is 2.23. The fourth-order valence-electron chi connectivity index (χ4n) is 1.11. The van der Waals surface area contributed by atoms with Crippen molar-refractivity contribution >= 4 is 29.5 Å². The number of amides is 2. The standard InChI is InChI=1S/C10H18N2O4S/c1-7(13)11-5-3-9(14)12-8(10(15)16)4-6-17-2/h8H,3-6H2,1-2H3,(H,11,13)(H,12,14)(H,15,16). The molecule has 0 fully saturated rings. The smallest absolute Gasteiger partial charge is 0.326 e. The van der Waals surface area contributed by atoms with Crippen molar-refractivity contribution in [2.75, 3.05) is 18.6 Å². The zero-order chi connectivity index (χ0) is 13.3. The summed E-state index contributed by atoms with van der Waals surface area (Å²) < 4.78 is 0. The Morgan fingerprint density at radius 2 is 2.00 bits per heavy atom. The van der Waals surface area contributed by atoms with Gasteiger partial charge in [-0.3, -0.25) is 9.59 Å². The number of rotatable bonds is 8. The molecule has 0 aliphatic heterocycles. The fourth-order valence-corrected chi connectivity index (χ4v) is 1.58. The summed E-state index contributed by atoms with van der Waals surface area (Å²) in [5.74, 6) is -0.947. The predicted molar refractivity (Wildman–Crippen MR) is 65.9 cm³/mol. The molecule has 0 bridgehead atoms. The molecule has 17 heavy (non-hydrogen) atoms. The Labute approximate surface area is 105 Å². The lowest BCUT2D eigenvalue weighted by atomic mass is 10.2. The molecule has 0 aromatic heterocycles. The number of carbonyl (C=O) groups excluding carboxylic acids is 2. The normalized spacial score (nSPS) is 11.6. The van der Waals surface area contributed by atoms with Crippen molar-refractivity contribution < 1.29 is 19.5 Å². The van der Waals surface area contributed by atoms with Crippen LogP contribution in [0, 0.1) is 0 Å². The first-order chi connectivity index (χ1) is 7.97. The van der Waals surface area contributed by atoms with Crippen molar-refractivity contribution in [3.05, 3.63) is 0 Å². The minimum atomic E-state index is -1.04. The maximum absolute atomic E-state index is 11.4. The van der Waals surface area contributed by atoms with Crippen LogP contribution in [0.5, 0.6) is 0 Å². The zero-order valence-corrected chi connectivity index (χ0v) is 10.8. The number of carbonyl (C=O) groups is 3. The minimum Gasteiger partial charge on any atom is -0.480 e. The molecule has 0 radical (unpaired) electrons. The monoisotopic (exact) mass is 262 g/mol. The molecule has 3 N–H and O–H groups in total. The molecule has 0 aliphatic rings. The molecule has 0 rings (SSSR count). The van der Waals surface area contributed by atoms with E-state index in [-0.39, 0.29) is 24.8 Å². The summed E-state index contributed by atoms with van der Waals surface area (Å²) >= 11 is 1.52. The summed E-state index contributed by atoms with van der Waals surface area (Å²) in [6.45, 7) is 1.58. The second-order valence-electron chi connectivity index (χ2n) is 3.47. The van der Waals surface area contributed by atoms with Gasteiger partial charge in [-0.25, -0.2) is 4.79 Å². The van der Waals surface area contributed by atoms with E-state index in [2.05, 4.69) is 10.6 Å². The topological polar surface area (TPSA) is 95.5 Å². The van der Waals surface area contributed by atoms with Crippen molar-refractivity contribution in [3.63, 3.8) is 0 Å². The Morgan fingerprint density at radius 1 is 1.35 bits per heavy atom. The van der Waals surface area contributed by atoms with Gasteiger partial charge in [0.05, 0.1) is 0 Å². The maximum Gasteiger partial charge on any atom is 0.326 e. The highest BCUT2D eigenvalue weighted by atomic mass is 32.2. The molecule has 0 heterocycles. The van der Waals surface area contributed by atoms with Gasteiger partial charge in [0.25, 0.3) is 0 Å². The Balaban J connectivity index is 3.95. The molecular weight excluding hydrogens is 244 g/mol. The van der Waals surface area contributed by atoms with Gasteiger partial charge in [0.15, 0.2) is 0 Å². The van der Waals surface area contributed by atoms with Crippen LogP contribution in [0.15, 0.2) is 0 Å². The van der Waals surface area contributed by atoms with Crippen molar-refractivity contribution in [1.82, 2.24) is 10.6 Å². The lowest BCUT2D eigenvalue weighted by Crippen LogP contribution is -2.42. The first-order valence-corrected chi connectivity index (χ1v) is 6.62. The first-order valence-electron chi connectivity index (χ1n) is 5.23. The van der Waals surface area contributed by atoms with Crippen LogP contribution in [0.25, 0.3) is 0 Å². The average molecular weight is 262 g/mol. The number of nitrogens with one attached hydrogen (secondary N) is 2. The van der Waals surface area contributed by atoms with Crippen LogP contribution in [0.4, 0.5) is 0 Å². The molecule has 0 saturated carbocycles. The van der Waals surface area contributed by atoms with Gasteiger partial charge < -0.3 is 15.7 Å². The van der Waals surface area contributed by atoms with Gasteiger partial charge in [-0.2, -0.15) is 11.8 Å². The van der Waals surface area contributed by atoms with E-state index >= 15 is 0 Å². The highest BCUT2D eigenvalue weighted by molar-refractivity contribution is 7.98. The molecule has 1 atom stereocenters. The number of carboxylic acid groups (broad SMARTS) is 1. The maximum atomic E-state index is 11.4. The van der Waals surface area contributed by atoms with Crippen LogP contribution < -0.4 is 10.6 Å². The van der Waals surface area contributed by atoms with Gasteiger partial charge in [-0.15, -0.1) is 0 Å². The third kappa shape index (κ3) is 8.56. The third-order valence-electron chi connectivity index (χ3n) is 1.97. The molecule has 7 heteroatoms. The summed E-state index contributed by atoms with van der Waals surface area (Å²) in [6.07, 6.45) is 2.35. The van der Waals surface area contributed by atoms with Gasteiger partial charge in [0.2, 0.25) is 11.8 Å². The van der Waals surface area contributed by atoms with Crippen molar-refractivity contribution in [1.29, 1.82) is 0 Å². The van der Waals surface area contributed by atoms with E-state index in [9.17, 15) is 14.4 Å². The Morgan fingerprint density at radius 3 is 2.47 bits per heavy atom. The van der Waals surface area contributed by atoms with Gasteiger partial charge in [0, 0.05) is 19.9 Å². The summed E-state index contributed by atoms with van der Waals surface area (Å²) in [7, 11) is 0. The van der Waals surface area contributed by atoms with E-state index in [1.165, 1.54) is 18.7 Å². The Bertz CT molecular complexity index is 283. The molecule has 0 aromatic carbocycles. The van der Waals surface area contributed by atoms with E-state index in [4.69, 9.17) is 5.11 Å². The summed E-state index contributed by atoms with van der Waals surface area (Å²) in [5.41, 5.74) is 0. The van der Waals surface area contributed by atoms with E-state index < -0.39 is 12.0 Å². The predicted octanol–water partition coefficient (Wildman–Crippen LogP) is -0.165. The molecule has 0 spiro atoms. The molecule has 98 valence electrons. The number of aliphatic carboxylic acids is 1. The summed E-state index contributed by atoms with van der Waals surface area (Å²) in [6, 6.07) is -0.854. The van der Waals surface area contributed by atoms with Crippen LogP contribution >= 0.6 is 11.8 Å². The van der Waals surface area contributed by atoms with Crippen LogP contribution in [0.1, 0.15) is 19.8 Å². The highest BCUT2D eigenvalue weighted by Crippen LogP contribution is 2.01. The second kappa shape index (κ2) is 8.86. The van der Waals surface area contributed by atoms with Crippen molar-refractivity contribution in [3.8, 4) is 0 Å². The third-order valence-corrected chi connectivity index (χ3v) is 2.61. The second-order valence-corrected chi connectivity index (χ2v) is 4.46. The van der Waals surface area contributed by atoms with Gasteiger partial charge in [-0.1, -0.05) is 0 Å². The number of hydrogen-bond donors (Lipinski definition) is 3. The zero-order valence-electron chi connectivity index (χ0n) is 9.99. The summed E-state index contributed by atoms with van der Waals surface area (Å²) in [4.78, 5) is 32.8. The number of hydrogen-bond acceptors (Lipinski definition) is 4. The van der Waals surface area contributed by atoms with Crippen LogP contribution in [0.2, 0.25) is 0 Å². The minimum absolute atomic E-state index is 0.0859. The van der Waals surface area contributed by atoms with E-state index in [1.807, 2.05) is 6.26 Å². The lowest BCUT2D eigenvalue weighted by Gasteiger charge is -2.13.